The zero-order chi connectivity index (χ0) is 9.10. The second kappa shape index (κ2) is 3.20. The second-order valence-corrected chi connectivity index (χ2v) is 2.61. The zero-order valence-electron chi connectivity index (χ0n) is 6.97. The maximum Gasteiger partial charge on any atom is 0.137 e. The van der Waals surface area contributed by atoms with Crippen LogP contribution in [0.5, 0.6) is 0 Å². The minimum Gasteiger partial charge on any atom is -0.464 e. The van der Waals surface area contributed by atoms with E-state index in [1.54, 1.807) is 17.1 Å². The molecular formula is C10H8N2O. The molecule has 0 radical (unpaired) electrons. The predicted molar refractivity (Wildman–Crippen MR) is 48.8 cm³/mol. The molecule has 2 aromatic heterocycles. The SMILES string of the molecule is C#CCn1cc(-c2ccco2)cn1. The lowest BCUT2D eigenvalue weighted by Crippen LogP contribution is -1.93. The summed E-state index contributed by atoms with van der Waals surface area (Å²) >= 11 is 0. The number of furan rings is 1. The molecule has 0 aliphatic carbocycles. The van der Waals surface area contributed by atoms with Crippen molar-refractivity contribution in [1.82, 2.24) is 9.78 Å². The highest BCUT2D eigenvalue weighted by Gasteiger charge is 2.02. The summed E-state index contributed by atoms with van der Waals surface area (Å²) < 4.78 is 6.90. The fourth-order valence-electron chi connectivity index (χ4n) is 1.11. The van der Waals surface area contributed by atoms with Crippen molar-refractivity contribution in [2.75, 3.05) is 0 Å². The molecule has 3 nitrogen and oxygen atoms in total. The quantitative estimate of drug-likeness (QED) is 0.646. The molecule has 64 valence electrons. The lowest BCUT2D eigenvalue weighted by atomic mass is 10.3. The first-order valence-corrected chi connectivity index (χ1v) is 3.90. The van der Waals surface area contributed by atoms with E-state index in [1.807, 2.05) is 18.3 Å². The van der Waals surface area contributed by atoms with Gasteiger partial charge in [0.2, 0.25) is 0 Å². The van der Waals surface area contributed by atoms with Crippen LogP contribution in [0.25, 0.3) is 11.3 Å². The third-order valence-corrected chi connectivity index (χ3v) is 1.69. The molecule has 0 saturated carbocycles. The molecule has 0 N–H and O–H groups in total. The Morgan fingerprint density at radius 1 is 1.62 bits per heavy atom. The van der Waals surface area contributed by atoms with Crippen LogP contribution in [0, 0.1) is 12.3 Å². The summed E-state index contributed by atoms with van der Waals surface area (Å²) in [4.78, 5) is 0. The molecular weight excluding hydrogens is 164 g/mol. The summed E-state index contributed by atoms with van der Waals surface area (Å²) in [5.74, 6) is 3.32. The first-order chi connectivity index (χ1) is 6.40. The Morgan fingerprint density at radius 2 is 2.54 bits per heavy atom. The van der Waals surface area contributed by atoms with Gasteiger partial charge < -0.3 is 4.42 Å². The smallest absolute Gasteiger partial charge is 0.137 e. The zero-order valence-corrected chi connectivity index (χ0v) is 6.97. The monoisotopic (exact) mass is 172 g/mol. The molecule has 2 heterocycles. The van der Waals surface area contributed by atoms with Crippen molar-refractivity contribution < 1.29 is 4.42 Å². The fraction of sp³-hybridized carbons (Fsp3) is 0.100. The molecule has 0 spiro atoms. The van der Waals surface area contributed by atoms with Crippen molar-refractivity contribution in [3.63, 3.8) is 0 Å². The minimum absolute atomic E-state index is 0.487. The molecule has 13 heavy (non-hydrogen) atoms. The third kappa shape index (κ3) is 1.47. The standard InChI is InChI=1S/C10H8N2O/c1-2-5-12-8-9(7-11-12)10-4-3-6-13-10/h1,3-4,6-8H,5H2. The number of aromatic nitrogens is 2. The molecule has 0 aromatic carbocycles. The van der Waals surface area contributed by atoms with Gasteiger partial charge in [-0.05, 0) is 12.1 Å². The second-order valence-electron chi connectivity index (χ2n) is 2.61. The maximum absolute atomic E-state index is 5.21. The van der Waals surface area contributed by atoms with Crippen LogP contribution < -0.4 is 0 Å². The number of hydrogen-bond donors (Lipinski definition) is 0. The van der Waals surface area contributed by atoms with E-state index >= 15 is 0 Å². The lowest BCUT2D eigenvalue weighted by Gasteiger charge is -1.90. The first-order valence-electron chi connectivity index (χ1n) is 3.90. The number of terminal acetylenes is 1. The van der Waals surface area contributed by atoms with Crippen molar-refractivity contribution in [1.29, 1.82) is 0 Å². The molecule has 3 heteroatoms. The Morgan fingerprint density at radius 3 is 3.23 bits per heavy atom. The van der Waals surface area contributed by atoms with E-state index in [0.29, 0.717) is 6.54 Å². The summed E-state index contributed by atoms with van der Waals surface area (Å²) in [6.45, 7) is 0.487. The van der Waals surface area contributed by atoms with Gasteiger partial charge in [-0.15, -0.1) is 6.42 Å². The van der Waals surface area contributed by atoms with E-state index in [2.05, 4.69) is 11.0 Å². The lowest BCUT2D eigenvalue weighted by molar-refractivity contribution is 0.582. The molecule has 0 atom stereocenters. The van der Waals surface area contributed by atoms with Gasteiger partial charge in [-0.25, -0.2) is 0 Å². The third-order valence-electron chi connectivity index (χ3n) is 1.69. The van der Waals surface area contributed by atoms with Crippen molar-refractivity contribution in [3.8, 4) is 23.7 Å². The van der Waals surface area contributed by atoms with Gasteiger partial charge in [0.05, 0.1) is 18.0 Å². The largest absolute Gasteiger partial charge is 0.464 e. The number of rotatable bonds is 2. The van der Waals surface area contributed by atoms with E-state index in [-0.39, 0.29) is 0 Å². The van der Waals surface area contributed by atoms with E-state index < -0.39 is 0 Å². The Labute approximate surface area is 76.0 Å². The Bertz CT molecular complexity index is 420. The van der Waals surface area contributed by atoms with Gasteiger partial charge in [0.1, 0.15) is 12.3 Å². The maximum atomic E-state index is 5.21. The average Bonchev–Trinajstić information content (AvgIpc) is 2.70. The van der Waals surface area contributed by atoms with Crippen LogP contribution in [0.3, 0.4) is 0 Å². The van der Waals surface area contributed by atoms with Gasteiger partial charge >= 0.3 is 0 Å². The van der Waals surface area contributed by atoms with Crippen LogP contribution >= 0.6 is 0 Å². The molecule has 0 amide bonds. The molecule has 0 saturated heterocycles. The van der Waals surface area contributed by atoms with E-state index in [1.165, 1.54) is 0 Å². The van der Waals surface area contributed by atoms with Crippen molar-refractivity contribution in [3.05, 3.63) is 30.8 Å². The Hall–Kier alpha value is -1.95. The van der Waals surface area contributed by atoms with Crippen LogP contribution in [0.1, 0.15) is 0 Å². The Kier molecular flexibility index (Phi) is 1.89. The topological polar surface area (TPSA) is 31.0 Å². The minimum atomic E-state index is 0.487. The van der Waals surface area contributed by atoms with E-state index in [9.17, 15) is 0 Å². The van der Waals surface area contributed by atoms with Crippen LogP contribution in [0.2, 0.25) is 0 Å². The highest BCUT2D eigenvalue weighted by atomic mass is 16.3. The highest BCUT2D eigenvalue weighted by Crippen LogP contribution is 2.18. The molecule has 2 rings (SSSR count). The predicted octanol–water partition coefficient (Wildman–Crippen LogP) is 1.78. The van der Waals surface area contributed by atoms with Crippen LogP contribution in [0.4, 0.5) is 0 Å². The summed E-state index contributed by atoms with van der Waals surface area (Å²) in [5.41, 5.74) is 0.945. The van der Waals surface area contributed by atoms with Gasteiger partial charge in [-0.3, -0.25) is 4.68 Å². The van der Waals surface area contributed by atoms with Gasteiger partial charge in [-0.1, -0.05) is 5.92 Å². The van der Waals surface area contributed by atoms with Crippen molar-refractivity contribution >= 4 is 0 Å². The highest BCUT2D eigenvalue weighted by molar-refractivity contribution is 5.54. The summed E-state index contributed by atoms with van der Waals surface area (Å²) in [6, 6.07) is 3.73. The average molecular weight is 172 g/mol. The Balaban J connectivity index is 2.29. The molecule has 0 unspecified atom stereocenters. The van der Waals surface area contributed by atoms with Gasteiger partial charge in [-0.2, -0.15) is 5.10 Å². The fourth-order valence-corrected chi connectivity index (χ4v) is 1.11. The first kappa shape index (κ1) is 7.69. The van der Waals surface area contributed by atoms with Crippen LogP contribution in [0.15, 0.2) is 35.2 Å². The van der Waals surface area contributed by atoms with Gasteiger partial charge in [0.15, 0.2) is 0 Å². The molecule has 0 aliphatic heterocycles. The van der Waals surface area contributed by atoms with E-state index in [0.717, 1.165) is 11.3 Å². The van der Waals surface area contributed by atoms with Crippen LogP contribution in [-0.4, -0.2) is 9.78 Å². The van der Waals surface area contributed by atoms with E-state index in [4.69, 9.17) is 10.8 Å². The molecule has 0 fully saturated rings. The van der Waals surface area contributed by atoms with Crippen LogP contribution in [-0.2, 0) is 6.54 Å². The molecule has 2 aromatic rings. The number of hydrogen-bond acceptors (Lipinski definition) is 2. The van der Waals surface area contributed by atoms with Crippen molar-refractivity contribution in [2.45, 2.75) is 6.54 Å². The van der Waals surface area contributed by atoms with Crippen molar-refractivity contribution in [2.24, 2.45) is 0 Å². The normalized spacial score (nSPS) is 9.77. The summed E-state index contributed by atoms with van der Waals surface area (Å²) in [6.07, 6.45) is 10.4. The number of nitrogens with zero attached hydrogens (tertiary/aromatic N) is 2. The molecule has 0 aliphatic rings. The van der Waals surface area contributed by atoms with Gasteiger partial charge in [0.25, 0.3) is 0 Å². The molecule has 0 bridgehead atoms. The van der Waals surface area contributed by atoms with Gasteiger partial charge in [0, 0.05) is 6.20 Å². The summed E-state index contributed by atoms with van der Waals surface area (Å²) in [7, 11) is 0. The summed E-state index contributed by atoms with van der Waals surface area (Å²) in [5, 5.41) is 4.08.